The molecule has 2 aromatic carbocycles. The average molecular weight is 422 g/mol. The van der Waals surface area contributed by atoms with Crippen LogP contribution in [0.25, 0.3) is 0 Å². The van der Waals surface area contributed by atoms with E-state index in [4.69, 9.17) is 0 Å². The lowest BCUT2D eigenvalue weighted by molar-refractivity contribution is -0.116. The zero-order valence-corrected chi connectivity index (χ0v) is 18.4. The Kier molecular flexibility index (Phi) is 6.08. The van der Waals surface area contributed by atoms with Gasteiger partial charge in [-0.25, -0.2) is 4.68 Å². The minimum atomic E-state index is -0.371. The largest absolute Gasteiger partial charge is 0.325 e. The van der Waals surface area contributed by atoms with Gasteiger partial charge in [-0.1, -0.05) is 67.6 Å². The Bertz CT molecular complexity index is 1010. The van der Waals surface area contributed by atoms with E-state index in [9.17, 15) is 4.79 Å². The molecule has 4 rings (SSSR count). The predicted molar refractivity (Wildman–Crippen MR) is 121 cm³/mol. The van der Waals surface area contributed by atoms with Crippen LogP contribution in [-0.4, -0.2) is 26.0 Å². The third kappa shape index (κ3) is 4.21. The fraction of sp³-hybridized carbons (Fsp3) is 0.348. The van der Waals surface area contributed by atoms with Crippen LogP contribution in [0.5, 0.6) is 0 Å². The molecule has 3 aromatic rings. The molecule has 2 N–H and O–H groups in total. The average Bonchev–Trinajstić information content (AvgIpc) is 3.16. The fourth-order valence-corrected chi connectivity index (χ4v) is 4.64. The molecule has 7 heteroatoms. The zero-order chi connectivity index (χ0) is 21.1. The van der Waals surface area contributed by atoms with Gasteiger partial charge >= 0.3 is 0 Å². The number of aryl methyl sites for hydroxylation is 3. The molecule has 6 nitrogen and oxygen atoms in total. The molecule has 1 aliphatic heterocycles. The molecule has 1 aromatic heterocycles. The predicted octanol–water partition coefficient (Wildman–Crippen LogP) is 4.50. The van der Waals surface area contributed by atoms with Gasteiger partial charge in [-0.2, -0.15) is 0 Å². The lowest BCUT2D eigenvalue weighted by Crippen LogP contribution is -2.41. The molecule has 0 fully saturated rings. The summed E-state index contributed by atoms with van der Waals surface area (Å²) >= 11 is 1.46. The molecule has 0 unspecified atom stereocenters. The Morgan fingerprint density at radius 3 is 2.50 bits per heavy atom. The summed E-state index contributed by atoms with van der Waals surface area (Å²) in [5.41, 5.74) is 7.82. The minimum Gasteiger partial charge on any atom is -0.325 e. The quantitative estimate of drug-likeness (QED) is 0.613. The van der Waals surface area contributed by atoms with E-state index in [1.807, 2.05) is 28.9 Å². The highest BCUT2D eigenvalue weighted by atomic mass is 32.2. The lowest BCUT2D eigenvalue weighted by Gasteiger charge is -2.33. The first-order valence-electron chi connectivity index (χ1n) is 10.4. The third-order valence-corrected chi connectivity index (χ3v) is 6.52. The van der Waals surface area contributed by atoms with E-state index in [1.165, 1.54) is 22.9 Å². The van der Waals surface area contributed by atoms with Crippen molar-refractivity contribution in [3.8, 4) is 0 Å². The van der Waals surface area contributed by atoms with Crippen molar-refractivity contribution in [3.63, 3.8) is 0 Å². The summed E-state index contributed by atoms with van der Waals surface area (Å²) in [4.78, 5) is 13.3. The molecule has 0 saturated heterocycles. The number of benzene rings is 2. The molecule has 0 radical (unpaired) electrons. The fourth-order valence-electron chi connectivity index (χ4n) is 3.55. The highest BCUT2D eigenvalue weighted by Crippen LogP contribution is 2.37. The number of carbonyl (C=O) groups is 1. The van der Waals surface area contributed by atoms with Gasteiger partial charge < -0.3 is 10.7 Å². The van der Waals surface area contributed by atoms with Gasteiger partial charge in [0.15, 0.2) is 5.82 Å². The smallest absolute Gasteiger partial charge is 0.240 e. The summed E-state index contributed by atoms with van der Waals surface area (Å²) in [6.45, 7) is 6.30. The second-order valence-corrected chi connectivity index (χ2v) is 8.69. The van der Waals surface area contributed by atoms with E-state index in [2.05, 4.69) is 66.0 Å². The maximum Gasteiger partial charge on any atom is 0.240 e. The maximum absolute atomic E-state index is 13.3. The second-order valence-electron chi connectivity index (χ2n) is 7.58. The van der Waals surface area contributed by atoms with E-state index >= 15 is 0 Å². The monoisotopic (exact) mass is 421 g/mol. The van der Waals surface area contributed by atoms with Crippen molar-refractivity contribution in [2.24, 2.45) is 0 Å². The van der Waals surface area contributed by atoms with Crippen molar-refractivity contribution >= 4 is 23.4 Å². The number of fused-ring (bicyclic) bond motifs is 1. The number of hydrogen-bond acceptors (Lipinski definition) is 5. The molecule has 1 aliphatic rings. The van der Waals surface area contributed by atoms with Gasteiger partial charge in [0.05, 0.1) is 6.04 Å². The summed E-state index contributed by atoms with van der Waals surface area (Å²) in [6.07, 6.45) is 2.79. The maximum atomic E-state index is 13.3. The van der Waals surface area contributed by atoms with Crippen molar-refractivity contribution < 1.29 is 4.79 Å². The summed E-state index contributed by atoms with van der Waals surface area (Å²) in [7, 11) is 0. The van der Waals surface area contributed by atoms with Crippen molar-refractivity contribution in [1.29, 1.82) is 0 Å². The van der Waals surface area contributed by atoms with E-state index in [0.29, 0.717) is 0 Å². The van der Waals surface area contributed by atoms with Crippen molar-refractivity contribution in [2.75, 3.05) is 10.7 Å². The summed E-state index contributed by atoms with van der Waals surface area (Å²) in [6, 6.07) is 16.1. The normalized spacial score (nSPS) is 17.8. The highest BCUT2D eigenvalue weighted by Gasteiger charge is 2.37. The first-order chi connectivity index (χ1) is 14.6. The van der Waals surface area contributed by atoms with Crippen LogP contribution < -0.4 is 10.7 Å². The molecule has 30 heavy (non-hydrogen) atoms. The van der Waals surface area contributed by atoms with E-state index in [-0.39, 0.29) is 17.2 Å². The molecular weight excluding hydrogens is 394 g/mol. The van der Waals surface area contributed by atoms with Gasteiger partial charge in [0, 0.05) is 12.1 Å². The molecule has 0 bridgehead atoms. The van der Waals surface area contributed by atoms with E-state index in [0.717, 1.165) is 41.5 Å². The van der Waals surface area contributed by atoms with Crippen LogP contribution in [0.3, 0.4) is 0 Å². The van der Waals surface area contributed by atoms with E-state index < -0.39 is 0 Å². The molecule has 0 spiro atoms. The minimum absolute atomic E-state index is 0.0476. The number of carbonyl (C=O) groups excluding carboxylic acids is 1. The molecule has 156 valence electrons. The van der Waals surface area contributed by atoms with Gasteiger partial charge in [-0.15, -0.1) is 10.2 Å². The van der Waals surface area contributed by atoms with Gasteiger partial charge in [0.2, 0.25) is 11.1 Å². The van der Waals surface area contributed by atoms with Crippen molar-refractivity contribution in [3.05, 3.63) is 71.0 Å². The molecule has 2 atom stereocenters. The first kappa shape index (κ1) is 20.5. The van der Waals surface area contributed by atoms with Crippen LogP contribution in [0.15, 0.2) is 53.7 Å². The van der Waals surface area contributed by atoms with Crippen LogP contribution in [0, 0.1) is 6.92 Å². The SMILES string of the molecule is CCCc1nnc2n1N[C@@H](c1ccc(C)cc1)[C@H](C(=O)Nc1ccc(CC)cc1)S2. The molecular formula is C23H27N5OS. The third-order valence-electron chi connectivity index (χ3n) is 5.30. The second kappa shape index (κ2) is 8.92. The number of rotatable bonds is 6. The first-order valence-corrected chi connectivity index (χ1v) is 11.3. The Labute approximate surface area is 181 Å². The number of anilines is 1. The van der Waals surface area contributed by atoms with Gasteiger partial charge in [0.1, 0.15) is 5.25 Å². The van der Waals surface area contributed by atoms with Crippen LogP contribution in [0.4, 0.5) is 5.69 Å². The zero-order valence-electron chi connectivity index (χ0n) is 17.6. The summed E-state index contributed by atoms with van der Waals surface area (Å²) in [5, 5.41) is 12.1. The molecule has 0 aliphatic carbocycles. The van der Waals surface area contributed by atoms with Crippen LogP contribution in [0.1, 0.15) is 48.8 Å². The number of nitrogens with zero attached hydrogens (tertiary/aromatic N) is 3. The standard InChI is InChI=1S/C23H27N5OS/c1-4-6-19-25-26-23-28(19)27-20(17-11-7-15(3)8-12-17)21(30-23)22(29)24-18-13-9-16(5-2)10-14-18/h7-14,20-21,27H,4-6H2,1-3H3,(H,24,29)/t20-,21+/m0/s1. The van der Waals surface area contributed by atoms with Gasteiger partial charge in [0.25, 0.3) is 0 Å². The van der Waals surface area contributed by atoms with Crippen molar-refractivity contribution in [1.82, 2.24) is 14.9 Å². The number of thioether (sulfide) groups is 1. The van der Waals surface area contributed by atoms with E-state index in [1.54, 1.807) is 0 Å². The Balaban J connectivity index is 1.63. The van der Waals surface area contributed by atoms with Crippen LogP contribution in [-0.2, 0) is 17.6 Å². The summed E-state index contributed by atoms with van der Waals surface area (Å²) in [5.74, 6) is 0.847. The highest BCUT2D eigenvalue weighted by molar-refractivity contribution is 8.00. The Morgan fingerprint density at radius 1 is 1.10 bits per heavy atom. The molecule has 0 saturated carbocycles. The Morgan fingerprint density at radius 2 is 1.83 bits per heavy atom. The number of amides is 1. The summed E-state index contributed by atoms with van der Waals surface area (Å²) < 4.78 is 1.94. The number of aromatic nitrogens is 3. The topological polar surface area (TPSA) is 71.8 Å². The Hall–Kier alpha value is -2.80. The number of hydrogen-bond donors (Lipinski definition) is 2. The molecule has 1 amide bonds. The van der Waals surface area contributed by atoms with Crippen molar-refractivity contribution in [2.45, 2.75) is 56.5 Å². The van der Waals surface area contributed by atoms with Crippen LogP contribution >= 0.6 is 11.8 Å². The van der Waals surface area contributed by atoms with Gasteiger partial charge in [-0.3, -0.25) is 4.79 Å². The lowest BCUT2D eigenvalue weighted by atomic mass is 10.0. The molecule has 2 heterocycles. The van der Waals surface area contributed by atoms with Crippen LogP contribution in [0.2, 0.25) is 0 Å². The van der Waals surface area contributed by atoms with Gasteiger partial charge in [-0.05, 0) is 43.0 Å². The number of nitrogens with one attached hydrogen (secondary N) is 2.